The van der Waals surface area contributed by atoms with Gasteiger partial charge >= 0.3 is 8.56 Å². The molecule has 0 amide bonds. The van der Waals surface area contributed by atoms with Crippen LogP contribution < -0.4 is 4.43 Å². The summed E-state index contributed by atoms with van der Waals surface area (Å²) in [6.45, 7) is 9.02. The van der Waals surface area contributed by atoms with Gasteiger partial charge in [0.2, 0.25) is 0 Å². The highest BCUT2D eigenvalue weighted by atomic mass is 35.5. The maximum Gasteiger partial charge on any atom is 0.392 e. The second-order valence-corrected chi connectivity index (χ2v) is 10.0. The summed E-state index contributed by atoms with van der Waals surface area (Å²) >= 11 is 18.2. The maximum atomic E-state index is 6.13. The fraction of sp³-hybridized carbons (Fsp3) is 0.571. The van der Waals surface area contributed by atoms with E-state index >= 15 is 0 Å². The van der Waals surface area contributed by atoms with Crippen LogP contribution in [0.3, 0.4) is 0 Å². The molecule has 1 aromatic rings. The predicted octanol–water partition coefficient (Wildman–Crippen LogP) is 6.18. The molecule has 0 atom stereocenters. The van der Waals surface area contributed by atoms with Gasteiger partial charge in [0.15, 0.2) is 0 Å². The minimum absolute atomic E-state index is 0.338. The van der Waals surface area contributed by atoms with E-state index in [1.165, 1.54) is 0 Å². The van der Waals surface area contributed by atoms with E-state index in [0.29, 0.717) is 33.3 Å². The Kier molecular flexibility index (Phi) is 7.16. The summed E-state index contributed by atoms with van der Waals surface area (Å²) in [6, 6.07) is 3.32. The molecular formula is C14H21Cl3O2Si. The highest BCUT2D eigenvalue weighted by Crippen LogP contribution is 2.39. The topological polar surface area (TPSA) is 18.5 Å². The number of hydrogen-bond acceptors (Lipinski definition) is 2. The summed E-state index contributed by atoms with van der Waals surface area (Å²) in [7, 11) is -2.33. The molecular weight excluding hydrogens is 335 g/mol. The van der Waals surface area contributed by atoms with Crippen molar-refractivity contribution >= 4 is 43.4 Å². The van der Waals surface area contributed by atoms with Gasteiger partial charge in [-0.1, -0.05) is 48.7 Å². The van der Waals surface area contributed by atoms with E-state index in [4.69, 9.17) is 43.7 Å². The van der Waals surface area contributed by atoms with Crippen LogP contribution in [-0.2, 0) is 4.43 Å². The van der Waals surface area contributed by atoms with Crippen molar-refractivity contribution in [3.63, 3.8) is 0 Å². The van der Waals surface area contributed by atoms with Gasteiger partial charge in [0.1, 0.15) is 10.8 Å². The molecule has 0 saturated heterocycles. The van der Waals surface area contributed by atoms with Crippen molar-refractivity contribution in [3.8, 4) is 5.75 Å². The monoisotopic (exact) mass is 354 g/mol. The lowest BCUT2D eigenvalue weighted by Gasteiger charge is -2.25. The van der Waals surface area contributed by atoms with E-state index in [1.807, 2.05) is 13.1 Å². The lowest BCUT2D eigenvalue weighted by Crippen LogP contribution is -2.39. The lowest BCUT2D eigenvalue weighted by molar-refractivity contribution is 0.237. The second-order valence-electron chi connectivity index (χ2n) is 5.56. The molecule has 0 N–H and O–H groups in total. The van der Waals surface area contributed by atoms with Gasteiger partial charge in [-0.2, -0.15) is 0 Å². The molecule has 0 saturated carbocycles. The Bertz CT molecular complexity index is 450. The van der Waals surface area contributed by atoms with Crippen LogP contribution in [0.4, 0.5) is 0 Å². The van der Waals surface area contributed by atoms with Crippen LogP contribution in [-0.4, -0.2) is 15.2 Å². The van der Waals surface area contributed by atoms with Crippen LogP contribution >= 0.6 is 34.8 Å². The number of benzene rings is 1. The summed E-state index contributed by atoms with van der Waals surface area (Å²) in [5.74, 6) is 1.10. The molecule has 0 radical (unpaired) electrons. The fourth-order valence-corrected chi connectivity index (χ4v) is 3.81. The third-order valence-electron chi connectivity index (χ3n) is 2.73. The number of hydrogen-bond donors (Lipinski definition) is 0. The van der Waals surface area contributed by atoms with Crippen LogP contribution in [0, 0.1) is 5.92 Å². The van der Waals surface area contributed by atoms with Crippen LogP contribution in [0.1, 0.15) is 26.7 Å². The standard InChI is InChI=1S/C14H21Cl3O2Si/c1-10(2)6-5-9-18-20(3,4)19-14-12(16)8-7-11(15)13(14)17/h7-8,10H,5-6,9H2,1-4H3. The smallest absolute Gasteiger partial charge is 0.392 e. The zero-order valence-corrected chi connectivity index (χ0v) is 15.6. The SMILES string of the molecule is CC(C)CCCO[Si](C)(C)Oc1c(Cl)ccc(Cl)c1Cl. The molecule has 1 rings (SSSR count). The molecule has 6 heteroatoms. The molecule has 0 heterocycles. The Morgan fingerprint density at radius 3 is 2.30 bits per heavy atom. The van der Waals surface area contributed by atoms with E-state index in [2.05, 4.69) is 13.8 Å². The molecule has 0 bridgehead atoms. The zero-order chi connectivity index (χ0) is 15.3. The first-order valence-electron chi connectivity index (χ1n) is 6.69. The van der Waals surface area contributed by atoms with Crippen molar-refractivity contribution in [1.82, 2.24) is 0 Å². The summed E-state index contributed by atoms with van der Waals surface area (Å²) in [4.78, 5) is 0. The number of halogens is 3. The quantitative estimate of drug-likeness (QED) is 0.330. The van der Waals surface area contributed by atoms with E-state index in [9.17, 15) is 0 Å². The maximum absolute atomic E-state index is 6.13. The molecule has 0 aliphatic rings. The van der Waals surface area contributed by atoms with Crippen molar-refractivity contribution in [1.29, 1.82) is 0 Å². The van der Waals surface area contributed by atoms with E-state index in [0.717, 1.165) is 12.8 Å². The molecule has 0 fully saturated rings. The summed E-state index contributed by atoms with van der Waals surface area (Å²) in [5, 5.41) is 1.21. The van der Waals surface area contributed by atoms with Gasteiger partial charge in [-0.05, 0) is 44.0 Å². The van der Waals surface area contributed by atoms with Crippen molar-refractivity contribution < 1.29 is 8.85 Å². The average molecular weight is 356 g/mol. The van der Waals surface area contributed by atoms with Crippen molar-refractivity contribution in [2.75, 3.05) is 6.61 Å². The molecule has 1 aromatic carbocycles. The first-order valence-corrected chi connectivity index (χ1v) is 10.6. The lowest BCUT2D eigenvalue weighted by atomic mass is 10.1. The van der Waals surface area contributed by atoms with Crippen molar-refractivity contribution in [3.05, 3.63) is 27.2 Å². The Morgan fingerprint density at radius 1 is 1.10 bits per heavy atom. The predicted molar refractivity (Wildman–Crippen MR) is 89.6 cm³/mol. The Labute approximate surface area is 137 Å². The first-order chi connectivity index (χ1) is 9.23. The molecule has 0 aliphatic carbocycles. The Morgan fingerprint density at radius 2 is 1.70 bits per heavy atom. The molecule has 0 aliphatic heterocycles. The van der Waals surface area contributed by atoms with Gasteiger partial charge in [-0.25, -0.2) is 0 Å². The van der Waals surface area contributed by atoms with Gasteiger partial charge in [-0.15, -0.1) is 0 Å². The van der Waals surface area contributed by atoms with Crippen LogP contribution in [0.2, 0.25) is 28.2 Å². The van der Waals surface area contributed by atoms with Crippen LogP contribution in [0.15, 0.2) is 12.1 Å². The summed E-state index contributed by atoms with van der Waals surface area (Å²) in [5.41, 5.74) is 0. The number of rotatable bonds is 7. The molecule has 114 valence electrons. The van der Waals surface area contributed by atoms with Gasteiger partial charge in [0.25, 0.3) is 0 Å². The molecule has 0 unspecified atom stereocenters. The normalized spacial score (nSPS) is 12.0. The minimum Gasteiger partial charge on any atom is -0.518 e. The van der Waals surface area contributed by atoms with E-state index < -0.39 is 8.56 Å². The van der Waals surface area contributed by atoms with Crippen LogP contribution in [0.5, 0.6) is 5.75 Å². The van der Waals surface area contributed by atoms with E-state index in [-0.39, 0.29) is 0 Å². The van der Waals surface area contributed by atoms with Gasteiger partial charge in [0, 0.05) is 6.61 Å². The highest BCUT2D eigenvalue weighted by molar-refractivity contribution is 6.65. The molecule has 20 heavy (non-hydrogen) atoms. The fourth-order valence-electron chi connectivity index (χ4n) is 1.69. The van der Waals surface area contributed by atoms with Gasteiger partial charge in [0.05, 0.1) is 10.0 Å². The Hall–Kier alpha value is 0.0669. The summed E-state index contributed by atoms with van der Waals surface area (Å²) < 4.78 is 11.8. The third kappa shape index (κ3) is 5.82. The molecule has 0 aromatic heterocycles. The summed E-state index contributed by atoms with van der Waals surface area (Å²) in [6.07, 6.45) is 2.16. The van der Waals surface area contributed by atoms with Crippen molar-refractivity contribution in [2.45, 2.75) is 39.8 Å². The third-order valence-corrected chi connectivity index (χ3v) is 5.40. The largest absolute Gasteiger partial charge is 0.518 e. The van der Waals surface area contributed by atoms with Crippen LogP contribution in [0.25, 0.3) is 0 Å². The first kappa shape index (κ1) is 18.1. The molecule has 0 spiro atoms. The second kappa shape index (κ2) is 7.90. The van der Waals surface area contributed by atoms with Crippen molar-refractivity contribution in [2.24, 2.45) is 5.92 Å². The highest BCUT2D eigenvalue weighted by Gasteiger charge is 2.29. The average Bonchev–Trinajstić information content (AvgIpc) is 2.35. The van der Waals surface area contributed by atoms with E-state index in [1.54, 1.807) is 12.1 Å². The van der Waals surface area contributed by atoms with Gasteiger partial charge < -0.3 is 8.85 Å². The zero-order valence-electron chi connectivity index (χ0n) is 12.3. The molecule has 2 nitrogen and oxygen atoms in total. The Balaban J connectivity index is 2.64. The minimum atomic E-state index is -2.33. The van der Waals surface area contributed by atoms with Gasteiger partial charge in [-0.3, -0.25) is 0 Å².